The van der Waals surface area contributed by atoms with Gasteiger partial charge in [0.25, 0.3) is 10.0 Å². The number of carbonyl (C=O) groups excluding carboxylic acids is 1. The molecule has 1 aliphatic heterocycles. The van der Waals surface area contributed by atoms with Crippen LogP contribution in [0.15, 0.2) is 20.1 Å². The summed E-state index contributed by atoms with van der Waals surface area (Å²) in [5, 5.41) is 0. The maximum absolute atomic E-state index is 12.5. The van der Waals surface area contributed by atoms with Gasteiger partial charge in [-0.1, -0.05) is 6.92 Å². The molecule has 116 valence electrons. The van der Waals surface area contributed by atoms with Crippen LogP contribution in [0.1, 0.15) is 13.3 Å². The van der Waals surface area contributed by atoms with Gasteiger partial charge in [-0.05, 0) is 40.4 Å². The number of nitrogens with zero attached hydrogens (tertiary/aromatic N) is 2. The van der Waals surface area contributed by atoms with Crippen LogP contribution in [0.25, 0.3) is 0 Å². The van der Waals surface area contributed by atoms with E-state index in [1.165, 1.54) is 15.6 Å². The third-order valence-electron chi connectivity index (χ3n) is 4.12. The number of sulfonamides is 1. The second-order valence-electron chi connectivity index (χ2n) is 5.61. The van der Waals surface area contributed by atoms with Crippen LogP contribution in [0.5, 0.6) is 0 Å². The van der Waals surface area contributed by atoms with Gasteiger partial charge < -0.3 is 4.90 Å². The van der Waals surface area contributed by atoms with Crippen molar-refractivity contribution in [1.29, 1.82) is 0 Å². The number of rotatable bonds is 3. The number of thiophene rings is 1. The smallest absolute Gasteiger partial charge is 0.252 e. The van der Waals surface area contributed by atoms with Crippen molar-refractivity contribution in [3.63, 3.8) is 0 Å². The van der Waals surface area contributed by atoms with E-state index in [1.54, 1.807) is 12.1 Å². The molecule has 5 nitrogen and oxygen atoms in total. The largest absolute Gasteiger partial charge is 0.340 e. The number of hydrogen-bond acceptors (Lipinski definition) is 4. The van der Waals surface area contributed by atoms with Gasteiger partial charge in [-0.3, -0.25) is 4.79 Å². The SMILES string of the molecule is C[C@@H]1C[C@H]1C(=O)N1CCN(S(=O)(=O)c2ccc(Br)s2)CC1. The van der Waals surface area contributed by atoms with Crippen LogP contribution in [0, 0.1) is 11.8 Å². The predicted octanol–water partition coefficient (Wildman–Crippen LogP) is 2.00. The molecular weight excluding hydrogens is 376 g/mol. The van der Waals surface area contributed by atoms with Crippen LogP contribution in [0.3, 0.4) is 0 Å². The van der Waals surface area contributed by atoms with E-state index in [2.05, 4.69) is 22.9 Å². The molecule has 0 N–H and O–H groups in total. The Labute approximate surface area is 137 Å². The summed E-state index contributed by atoms with van der Waals surface area (Å²) in [6, 6.07) is 3.36. The van der Waals surface area contributed by atoms with Crippen LogP contribution >= 0.6 is 27.3 Å². The molecule has 1 aliphatic carbocycles. The fraction of sp³-hybridized carbons (Fsp3) is 0.615. The van der Waals surface area contributed by atoms with Gasteiger partial charge in [-0.15, -0.1) is 11.3 Å². The van der Waals surface area contributed by atoms with E-state index in [0.29, 0.717) is 36.3 Å². The Bertz CT molecular complexity index is 650. The highest BCUT2D eigenvalue weighted by Crippen LogP contribution is 2.39. The lowest BCUT2D eigenvalue weighted by Crippen LogP contribution is -2.50. The molecule has 0 unspecified atom stereocenters. The van der Waals surface area contributed by atoms with E-state index >= 15 is 0 Å². The van der Waals surface area contributed by atoms with Crippen LogP contribution in [-0.4, -0.2) is 49.7 Å². The van der Waals surface area contributed by atoms with Crippen molar-refractivity contribution in [3.8, 4) is 0 Å². The minimum absolute atomic E-state index is 0.168. The second-order valence-corrected chi connectivity index (χ2v) is 10.2. The molecule has 0 bridgehead atoms. The van der Waals surface area contributed by atoms with Gasteiger partial charge in [0, 0.05) is 32.1 Å². The van der Waals surface area contributed by atoms with Gasteiger partial charge in [-0.25, -0.2) is 8.42 Å². The molecule has 1 saturated carbocycles. The monoisotopic (exact) mass is 392 g/mol. The molecule has 1 aromatic rings. The highest BCUT2D eigenvalue weighted by Gasteiger charge is 2.42. The minimum atomic E-state index is -3.42. The van der Waals surface area contributed by atoms with Crippen LogP contribution in [-0.2, 0) is 14.8 Å². The predicted molar refractivity (Wildman–Crippen MR) is 84.6 cm³/mol. The van der Waals surface area contributed by atoms with Gasteiger partial charge in [0.1, 0.15) is 4.21 Å². The minimum Gasteiger partial charge on any atom is -0.340 e. The molecule has 1 amide bonds. The van der Waals surface area contributed by atoms with Gasteiger partial charge in [0.2, 0.25) is 5.91 Å². The molecule has 3 rings (SSSR count). The number of hydrogen-bond donors (Lipinski definition) is 0. The average molecular weight is 393 g/mol. The van der Waals surface area contributed by atoms with E-state index in [9.17, 15) is 13.2 Å². The summed E-state index contributed by atoms with van der Waals surface area (Å²) in [4.78, 5) is 14.0. The quantitative estimate of drug-likeness (QED) is 0.790. The van der Waals surface area contributed by atoms with Crippen molar-refractivity contribution in [1.82, 2.24) is 9.21 Å². The molecule has 2 atom stereocenters. The lowest BCUT2D eigenvalue weighted by Gasteiger charge is -2.33. The number of piperazine rings is 1. The van der Waals surface area contributed by atoms with E-state index in [-0.39, 0.29) is 11.8 Å². The number of carbonyl (C=O) groups is 1. The molecule has 2 aliphatic rings. The molecule has 1 aromatic heterocycles. The third kappa shape index (κ3) is 3.04. The third-order valence-corrected chi connectivity index (χ3v) is 8.11. The molecule has 2 fully saturated rings. The maximum atomic E-state index is 12.5. The Morgan fingerprint density at radius 2 is 1.90 bits per heavy atom. The molecule has 2 heterocycles. The Hall–Kier alpha value is -0.440. The zero-order chi connectivity index (χ0) is 15.2. The fourth-order valence-corrected chi connectivity index (χ4v) is 6.20. The van der Waals surface area contributed by atoms with Crippen molar-refractivity contribution < 1.29 is 13.2 Å². The Balaban J connectivity index is 1.64. The van der Waals surface area contributed by atoms with Crippen LogP contribution in [0.2, 0.25) is 0 Å². The normalized spacial score (nSPS) is 26.9. The molecular formula is C13H17BrN2O3S2. The first-order chi connectivity index (χ1) is 9.89. The summed E-state index contributed by atoms with van der Waals surface area (Å²) in [6.07, 6.45) is 0.973. The highest BCUT2D eigenvalue weighted by molar-refractivity contribution is 9.11. The summed E-state index contributed by atoms with van der Waals surface area (Å²) in [7, 11) is -3.42. The topological polar surface area (TPSA) is 57.7 Å². The molecule has 0 aromatic carbocycles. The lowest BCUT2D eigenvalue weighted by molar-refractivity contribution is -0.134. The van der Waals surface area contributed by atoms with Crippen molar-refractivity contribution in [2.75, 3.05) is 26.2 Å². The molecule has 8 heteroatoms. The van der Waals surface area contributed by atoms with E-state index in [1.807, 2.05) is 4.90 Å². The summed E-state index contributed by atoms with van der Waals surface area (Å²) in [5.41, 5.74) is 0. The summed E-state index contributed by atoms with van der Waals surface area (Å²) in [6.45, 7) is 3.83. The fourth-order valence-electron chi connectivity index (χ4n) is 2.61. The lowest BCUT2D eigenvalue weighted by atomic mass is 10.2. The first-order valence-electron chi connectivity index (χ1n) is 6.94. The van der Waals surface area contributed by atoms with Crippen molar-refractivity contribution in [3.05, 3.63) is 15.9 Å². The Kier molecular flexibility index (Phi) is 4.15. The van der Waals surface area contributed by atoms with Gasteiger partial charge >= 0.3 is 0 Å². The van der Waals surface area contributed by atoms with Crippen molar-refractivity contribution in [2.24, 2.45) is 11.8 Å². The molecule has 0 spiro atoms. The Morgan fingerprint density at radius 1 is 1.29 bits per heavy atom. The summed E-state index contributed by atoms with van der Waals surface area (Å²) < 4.78 is 27.6. The van der Waals surface area contributed by atoms with E-state index in [0.717, 1.165) is 10.2 Å². The maximum Gasteiger partial charge on any atom is 0.252 e. The zero-order valence-electron chi connectivity index (χ0n) is 11.7. The standard InChI is InChI=1S/C13H17BrN2O3S2/c1-9-8-10(9)13(17)15-4-6-16(7-5-15)21(18,19)12-3-2-11(14)20-12/h2-3,9-10H,4-8H2,1H3/t9-,10-/m1/s1. The molecule has 0 radical (unpaired) electrons. The average Bonchev–Trinajstić information content (AvgIpc) is 3.02. The first-order valence-corrected chi connectivity index (χ1v) is 9.99. The van der Waals surface area contributed by atoms with Crippen molar-refractivity contribution in [2.45, 2.75) is 17.6 Å². The summed E-state index contributed by atoms with van der Waals surface area (Å²) in [5.74, 6) is 0.850. The van der Waals surface area contributed by atoms with Crippen molar-refractivity contribution >= 4 is 43.2 Å². The highest BCUT2D eigenvalue weighted by atomic mass is 79.9. The Morgan fingerprint density at radius 3 is 2.38 bits per heavy atom. The summed E-state index contributed by atoms with van der Waals surface area (Å²) >= 11 is 4.51. The van der Waals surface area contributed by atoms with E-state index in [4.69, 9.17) is 0 Å². The number of amides is 1. The van der Waals surface area contributed by atoms with E-state index < -0.39 is 10.0 Å². The van der Waals surface area contributed by atoms with Gasteiger partial charge in [0.05, 0.1) is 3.79 Å². The first kappa shape index (κ1) is 15.5. The van der Waals surface area contributed by atoms with Crippen LogP contribution in [0.4, 0.5) is 0 Å². The van der Waals surface area contributed by atoms with Crippen LogP contribution < -0.4 is 0 Å². The number of halogens is 1. The molecule has 21 heavy (non-hydrogen) atoms. The van der Waals surface area contributed by atoms with Gasteiger partial charge in [0.15, 0.2) is 0 Å². The van der Waals surface area contributed by atoms with Gasteiger partial charge in [-0.2, -0.15) is 4.31 Å². The molecule has 1 saturated heterocycles. The zero-order valence-corrected chi connectivity index (χ0v) is 14.9. The second kappa shape index (κ2) is 5.64.